The molecule has 3 rings (SSSR count). The van der Waals surface area contributed by atoms with Crippen molar-refractivity contribution >= 4 is 5.97 Å². The van der Waals surface area contributed by atoms with Crippen molar-refractivity contribution in [1.82, 2.24) is 15.0 Å². The summed E-state index contributed by atoms with van der Waals surface area (Å²) in [5.41, 5.74) is 1.46. The fraction of sp³-hybridized carbons (Fsp3) is 0.769. The Morgan fingerprint density at radius 3 is 2.72 bits per heavy atom. The molecule has 0 saturated heterocycles. The van der Waals surface area contributed by atoms with Crippen LogP contribution in [0.5, 0.6) is 0 Å². The van der Waals surface area contributed by atoms with Gasteiger partial charge < -0.3 is 4.74 Å². The molecule has 18 heavy (non-hydrogen) atoms. The molecular formula is C13H19N3O2. The molecule has 0 aromatic carbocycles. The molecule has 1 heterocycles. The van der Waals surface area contributed by atoms with Crippen molar-refractivity contribution in [2.24, 2.45) is 5.92 Å². The van der Waals surface area contributed by atoms with Crippen LogP contribution in [0.3, 0.4) is 0 Å². The summed E-state index contributed by atoms with van der Waals surface area (Å²) >= 11 is 0. The van der Waals surface area contributed by atoms with E-state index in [-0.39, 0.29) is 5.97 Å². The summed E-state index contributed by atoms with van der Waals surface area (Å²) < 4.78 is 7.00. The van der Waals surface area contributed by atoms with E-state index < -0.39 is 0 Å². The number of ether oxygens (including phenoxy) is 1. The van der Waals surface area contributed by atoms with Crippen LogP contribution >= 0.6 is 0 Å². The number of nitrogens with zero attached hydrogens (tertiary/aromatic N) is 3. The van der Waals surface area contributed by atoms with Gasteiger partial charge in [0.25, 0.3) is 0 Å². The minimum atomic E-state index is -0.320. The minimum absolute atomic E-state index is 0.320. The van der Waals surface area contributed by atoms with Gasteiger partial charge in [0, 0.05) is 12.5 Å². The van der Waals surface area contributed by atoms with E-state index in [1.807, 2.05) is 11.6 Å². The predicted octanol–water partition coefficient (Wildman–Crippen LogP) is 2.13. The molecule has 2 saturated carbocycles. The van der Waals surface area contributed by atoms with Crippen molar-refractivity contribution in [1.29, 1.82) is 0 Å². The van der Waals surface area contributed by atoms with Gasteiger partial charge in [-0.3, -0.25) is 0 Å². The molecule has 1 aromatic heterocycles. The largest absolute Gasteiger partial charge is 0.461 e. The average molecular weight is 249 g/mol. The summed E-state index contributed by atoms with van der Waals surface area (Å²) in [5, 5.41) is 8.21. The first-order chi connectivity index (χ1) is 8.79. The molecule has 0 aliphatic heterocycles. The number of rotatable bonds is 5. The highest BCUT2D eigenvalue weighted by molar-refractivity contribution is 5.88. The normalized spacial score (nSPS) is 19.6. The molecule has 0 amide bonds. The molecule has 2 fully saturated rings. The quantitative estimate of drug-likeness (QED) is 0.750. The van der Waals surface area contributed by atoms with Gasteiger partial charge in [0.2, 0.25) is 0 Å². The van der Waals surface area contributed by atoms with Crippen LogP contribution in [-0.4, -0.2) is 27.6 Å². The lowest BCUT2D eigenvalue weighted by molar-refractivity contribution is 0.0518. The number of hydrogen-bond donors (Lipinski definition) is 0. The molecule has 5 heteroatoms. The van der Waals surface area contributed by atoms with Gasteiger partial charge in [-0.05, 0) is 38.5 Å². The van der Waals surface area contributed by atoms with Gasteiger partial charge in [0.15, 0.2) is 5.69 Å². The fourth-order valence-corrected chi connectivity index (χ4v) is 2.48. The van der Waals surface area contributed by atoms with Crippen LogP contribution < -0.4 is 0 Å². The van der Waals surface area contributed by atoms with Crippen molar-refractivity contribution in [3.05, 3.63) is 11.4 Å². The van der Waals surface area contributed by atoms with Crippen LogP contribution in [0.25, 0.3) is 0 Å². The highest BCUT2D eigenvalue weighted by Gasteiger charge is 2.35. The molecular weight excluding hydrogens is 230 g/mol. The van der Waals surface area contributed by atoms with E-state index in [0.29, 0.717) is 18.2 Å². The van der Waals surface area contributed by atoms with Crippen molar-refractivity contribution in [3.63, 3.8) is 0 Å². The Labute approximate surface area is 107 Å². The Morgan fingerprint density at radius 2 is 2.17 bits per heavy atom. The Bertz CT molecular complexity index is 447. The summed E-state index contributed by atoms with van der Waals surface area (Å²) in [7, 11) is 0. The molecule has 0 radical (unpaired) electrons. The van der Waals surface area contributed by atoms with Gasteiger partial charge in [-0.25, -0.2) is 9.48 Å². The number of aromatic nitrogens is 3. The van der Waals surface area contributed by atoms with Crippen LogP contribution in [0.15, 0.2) is 0 Å². The van der Waals surface area contributed by atoms with Gasteiger partial charge in [-0.1, -0.05) is 11.6 Å². The maximum atomic E-state index is 11.8. The molecule has 0 N–H and O–H groups in total. The zero-order chi connectivity index (χ0) is 12.5. The van der Waals surface area contributed by atoms with Crippen LogP contribution in [0.1, 0.15) is 61.1 Å². The van der Waals surface area contributed by atoms with Gasteiger partial charge in [0.05, 0.1) is 12.3 Å². The Hall–Kier alpha value is -1.39. The van der Waals surface area contributed by atoms with Gasteiger partial charge in [-0.2, -0.15) is 0 Å². The fourth-order valence-electron chi connectivity index (χ4n) is 2.48. The Kier molecular flexibility index (Phi) is 3.06. The molecule has 2 aliphatic rings. The van der Waals surface area contributed by atoms with Crippen molar-refractivity contribution < 1.29 is 9.53 Å². The predicted molar refractivity (Wildman–Crippen MR) is 65.3 cm³/mol. The summed E-state index contributed by atoms with van der Waals surface area (Å²) in [6.07, 6.45) is 6.16. The third-order valence-electron chi connectivity index (χ3n) is 3.86. The van der Waals surface area contributed by atoms with E-state index in [0.717, 1.165) is 31.0 Å². The van der Waals surface area contributed by atoms with Crippen molar-refractivity contribution in [2.45, 2.75) is 51.5 Å². The topological polar surface area (TPSA) is 57.0 Å². The second-order valence-corrected chi connectivity index (χ2v) is 5.30. The monoisotopic (exact) mass is 249 g/mol. The van der Waals surface area contributed by atoms with Crippen molar-refractivity contribution in [3.8, 4) is 0 Å². The molecule has 0 unspecified atom stereocenters. The third-order valence-corrected chi connectivity index (χ3v) is 3.86. The Balaban J connectivity index is 1.82. The highest BCUT2D eigenvalue weighted by atomic mass is 16.5. The van der Waals surface area contributed by atoms with Gasteiger partial charge >= 0.3 is 5.97 Å². The van der Waals surface area contributed by atoms with E-state index in [4.69, 9.17) is 4.74 Å². The van der Waals surface area contributed by atoms with Gasteiger partial charge in [0.1, 0.15) is 0 Å². The second-order valence-electron chi connectivity index (χ2n) is 5.30. The van der Waals surface area contributed by atoms with Gasteiger partial charge in [-0.15, -0.1) is 5.10 Å². The van der Waals surface area contributed by atoms with E-state index in [1.165, 1.54) is 19.3 Å². The van der Waals surface area contributed by atoms with E-state index in [2.05, 4.69) is 10.3 Å². The lowest BCUT2D eigenvalue weighted by atomic mass is 9.85. The minimum Gasteiger partial charge on any atom is -0.461 e. The summed E-state index contributed by atoms with van der Waals surface area (Å²) in [6.45, 7) is 3.12. The zero-order valence-electron chi connectivity index (χ0n) is 10.8. The van der Waals surface area contributed by atoms with Crippen LogP contribution in [-0.2, 0) is 11.3 Å². The lowest BCUT2D eigenvalue weighted by Gasteiger charge is -2.25. The molecule has 1 aromatic rings. The number of hydrogen-bond acceptors (Lipinski definition) is 4. The third kappa shape index (κ3) is 2.13. The SMILES string of the molecule is CCOC(=O)c1nnn(CC2CCC2)c1C1CC1. The second kappa shape index (κ2) is 4.71. The molecule has 98 valence electrons. The first kappa shape index (κ1) is 11.7. The first-order valence-electron chi connectivity index (χ1n) is 6.90. The van der Waals surface area contributed by atoms with E-state index >= 15 is 0 Å². The summed E-state index contributed by atoms with van der Waals surface area (Å²) in [5.74, 6) is 0.873. The maximum absolute atomic E-state index is 11.8. The van der Waals surface area contributed by atoms with Crippen LogP contribution in [0, 0.1) is 5.92 Å². The number of esters is 1. The van der Waals surface area contributed by atoms with Crippen LogP contribution in [0.2, 0.25) is 0 Å². The maximum Gasteiger partial charge on any atom is 0.360 e. The zero-order valence-corrected chi connectivity index (χ0v) is 10.8. The summed E-state index contributed by atoms with van der Waals surface area (Å²) in [4.78, 5) is 11.8. The first-order valence-corrected chi connectivity index (χ1v) is 6.90. The summed E-state index contributed by atoms with van der Waals surface area (Å²) in [6, 6.07) is 0. The molecule has 0 atom stereocenters. The molecule has 5 nitrogen and oxygen atoms in total. The molecule has 0 spiro atoms. The standard InChI is InChI=1S/C13H19N3O2/c1-2-18-13(17)11-12(10-6-7-10)16(15-14-11)8-9-4-3-5-9/h9-10H,2-8H2,1H3. The number of carbonyl (C=O) groups is 1. The Morgan fingerprint density at radius 1 is 1.39 bits per heavy atom. The van der Waals surface area contributed by atoms with E-state index in [1.54, 1.807) is 0 Å². The highest BCUT2D eigenvalue weighted by Crippen LogP contribution is 2.42. The molecule has 2 aliphatic carbocycles. The number of carbonyl (C=O) groups excluding carboxylic acids is 1. The smallest absolute Gasteiger partial charge is 0.360 e. The van der Waals surface area contributed by atoms with E-state index in [9.17, 15) is 4.79 Å². The van der Waals surface area contributed by atoms with Crippen LogP contribution in [0.4, 0.5) is 0 Å². The molecule has 0 bridgehead atoms. The lowest BCUT2D eigenvalue weighted by Crippen LogP contribution is -2.20. The van der Waals surface area contributed by atoms with Crippen molar-refractivity contribution in [2.75, 3.05) is 6.61 Å². The average Bonchev–Trinajstić information content (AvgIpc) is 3.04.